The number of benzene rings is 2. The highest BCUT2D eigenvalue weighted by atomic mass is 32.2. The topological polar surface area (TPSA) is 60.8 Å². The van der Waals surface area contributed by atoms with E-state index in [1.165, 1.54) is 4.90 Å². The SMILES string of the molecule is CCN1C(=O)S/C(=C\c2cn(CCOc3ccc(OC)cc3)c3ccccc23)C1=O. The van der Waals surface area contributed by atoms with E-state index in [2.05, 4.69) is 4.57 Å². The Morgan fingerprint density at radius 3 is 2.47 bits per heavy atom. The van der Waals surface area contributed by atoms with Crippen LogP contribution in [0.1, 0.15) is 12.5 Å². The first-order valence-electron chi connectivity index (χ1n) is 9.70. The predicted molar refractivity (Wildman–Crippen MR) is 119 cm³/mol. The fourth-order valence-corrected chi connectivity index (χ4v) is 4.32. The second-order valence-corrected chi connectivity index (χ2v) is 7.74. The number of aromatic nitrogens is 1. The Kier molecular flexibility index (Phi) is 5.81. The van der Waals surface area contributed by atoms with Crippen LogP contribution in [0.3, 0.4) is 0 Å². The smallest absolute Gasteiger partial charge is 0.293 e. The van der Waals surface area contributed by atoms with E-state index in [4.69, 9.17) is 9.47 Å². The molecule has 2 heterocycles. The highest BCUT2D eigenvalue weighted by molar-refractivity contribution is 8.18. The van der Waals surface area contributed by atoms with Crippen molar-refractivity contribution in [2.24, 2.45) is 0 Å². The quantitative estimate of drug-likeness (QED) is 0.513. The number of hydrogen-bond donors (Lipinski definition) is 0. The van der Waals surface area contributed by atoms with Crippen molar-refractivity contribution in [2.75, 3.05) is 20.3 Å². The van der Waals surface area contributed by atoms with E-state index in [1.54, 1.807) is 14.0 Å². The Bertz CT molecular complexity index is 1120. The highest BCUT2D eigenvalue weighted by Gasteiger charge is 2.33. The number of para-hydroxylation sites is 1. The Morgan fingerprint density at radius 1 is 1.03 bits per heavy atom. The Labute approximate surface area is 179 Å². The van der Waals surface area contributed by atoms with Gasteiger partial charge in [-0.05, 0) is 55.1 Å². The zero-order valence-corrected chi connectivity index (χ0v) is 17.6. The zero-order chi connectivity index (χ0) is 21.1. The van der Waals surface area contributed by atoms with Gasteiger partial charge in [-0.15, -0.1) is 0 Å². The van der Waals surface area contributed by atoms with Gasteiger partial charge in [0.2, 0.25) is 0 Å². The number of fused-ring (bicyclic) bond motifs is 1. The fraction of sp³-hybridized carbons (Fsp3) is 0.217. The molecule has 7 heteroatoms. The molecular formula is C23H22N2O4S. The minimum atomic E-state index is -0.229. The molecular weight excluding hydrogens is 400 g/mol. The van der Waals surface area contributed by atoms with Crippen LogP contribution in [0.15, 0.2) is 59.6 Å². The highest BCUT2D eigenvalue weighted by Crippen LogP contribution is 2.34. The number of ether oxygens (including phenoxy) is 2. The number of carbonyl (C=O) groups excluding carboxylic acids is 2. The van der Waals surface area contributed by atoms with Crippen LogP contribution in [-0.4, -0.2) is 40.9 Å². The van der Waals surface area contributed by atoms with Gasteiger partial charge in [0.15, 0.2) is 0 Å². The third-order valence-corrected chi connectivity index (χ3v) is 5.86. The summed E-state index contributed by atoms with van der Waals surface area (Å²) in [5.41, 5.74) is 1.97. The molecule has 1 aliphatic rings. The molecule has 0 saturated carbocycles. The molecule has 4 rings (SSSR count). The van der Waals surface area contributed by atoms with Crippen LogP contribution in [-0.2, 0) is 11.3 Å². The lowest BCUT2D eigenvalue weighted by atomic mass is 10.1. The maximum atomic E-state index is 12.4. The van der Waals surface area contributed by atoms with Gasteiger partial charge in [-0.1, -0.05) is 18.2 Å². The fourth-order valence-electron chi connectivity index (χ4n) is 3.42. The van der Waals surface area contributed by atoms with Crippen molar-refractivity contribution in [3.05, 3.63) is 65.2 Å². The molecule has 1 saturated heterocycles. The molecule has 0 bridgehead atoms. The van der Waals surface area contributed by atoms with Crippen molar-refractivity contribution in [2.45, 2.75) is 13.5 Å². The number of thioether (sulfide) groups is 1. The first-order valence-corrected chi connectivity index (χ1v) is 10.5. The zero-order valence-electron chi connectivity index (χ0n) is 16.8. The van der Waals surface area contributed by atoms with Crippen LogP contribution in [0.2, 0.25) is 0 Å². The third-order valence-electron chi connectivity index (χ3n) is 4.96. The van der Waals surface area contributed by atoms with Gasteiger partial charge in [0.25, 0.3) is 11.1 Å². The molecule has 154 valence electrons. The number of methoxy groups -OCH3 is 1. The van der Waals surface area contributed by atoms with Crippen molar-refractivity contribution >= 4 is 39.9 Å². The number of nitrogens with zero attached hydrogens (tertiary/aromatic N) is 2. The summed E-state index contributed by atoms with van der Waals surface area (Å²) < 4.78 is 13.1. The number of likely N-dealkylation sites (N-methyl/N-ethyl adjacent to an activating group) is 1. The molecule has 2 aromatic carbocycles. The molecule has 6 nitrogen and oxygen atoms in total. The molecule has 30 heavy (non-hydrogen) atoms. The molecule has 0 N–H and O–H groups in total. The van der Waals surface area contributed by atoms with E-state index in [0.717, 1.165) is 39.7 Å². The van der Waals surface area contributed by atoms with Crippen molar-refractivity contribution in [1.82, 2.24) is 9.47 Å². The van der Waals surface area contributed by atoms with E-state index in [0.29, 0.717) is 24.6 Å². The minimum absolute atomic E-state index is 0.217. The maximum Gasteiger partial charge on any atom is 0.293 e. The Morgan fingerprint density at radius 2 is 1.77 bits per heavy atom. The lowest BCUT2D eigenvalue weighted by Gasteiger charge is -2.09. The molecule has 1 fully saturated rings. The molecule has 1 aliphatic heterocycles. The van der Waals surface area contributed by atoms with E-state index >= 15 is 0 Å². The predicted octanol–water partition coefficient (Wildman–Crippen LogP) is 4.79. The van der Waals surface area contributed by atoms with Gasteiger partial charge < -0.3 is 14.0 Å². The number of carbonyl (C=O) groups is 2. The van der Waals surface area contributed by atoms with E-state index in [9.17, 15) is 9.59 Å². The Hall–Kier alpha value is -3.19. The molecule has 3 aromatic rings. The van der Waals surface area contributed by atoms with Crippen LogP contribution < -0.4 is 9.47 Å². The van der Waals surface area contributed by atoms with Crippen LogP contribution in [0, 0.1) is 0 Å². The van der Waals surface area contributed by atoms with Crippen molar-refractivity contribution in [3.8, 4) is 11.5 Å². The van der Waals surface area contributed by atoms with Crippen LogP contribution in [0.5, 0.6) is 11.5 Å². The van der Waals surface area contributed by atoms with Gasteiger partial charge in [0.05, 0.1) is 18.6 Å². The molecule has 1 aromatic heterocycles. The molecule has 0 radical (unpaired) electrons. The summed E-state index contributed by atoms with van der Waals surface area (Å²) in [7, 11) is 1.63. The van der Waals surface area contributed by atoms with Gasteiger partial charge in [-0.3, -0.25) is 14.5 Å². The largest absolute Gasteiger partial charge is 0.497 e. The first kappa shape index (κ1) is 20.1. The van der Waals surface area contributed by atoms with Crippen LogP contribution >= 0.6 is 11.8 Å². The summed E-state index contributed by atoms with van der Waals surface area (Å²) in [6.45, 7) is 3.33. The van der Waals surface area contributed by atoms with Gasteiger partial charge in [-0.2, -0.15) is 0 Å². The number of hydrogen-bond acceptors (Lipinski definition) is 5. The van der Waals surface area contributed by atoms with E-state index in [-0.39, 0.29) is 11.1 Å². The van der Waals surface area contributed by atoms with E-state index in [1.807, 2.05) is 60.8 Å². The lowest BCUT2D eigenvalue weighted by Crippen LogP contribution is -2.27. The van der Waals surface area contributed by atoms with Gasteiger partial charge >= 0.3 is 0 Å². The second-order valence-electron chi connectivity index (χ2n) is 6.74. The van der Waals surface area contributed by atoms with Gasteiger partial charge in [0.1, 0.15) is 18.1 Å². The maximum absolute atomic E-state index is 12.4. The average Bonchev–Trinajstić information content (AvgIpc) is 3.25. The van der Waals surface area contributed by atoms with Gasteiger partial charge in [0, 0.05) is 29.2 Å². The summed E-state index contributed by atoms with van der Waals surface area (Å²) in [6, 6.07) is 15.5. The average molecular weight is 423 g/mol. The molecule has 0 spiro atoms. The van der Waals surface area contributed by atoms with E-state index < -0.39 is 0 Å². The summed E-state index contributed by atoms with van der Waals surface area (Å²) >= 11 is 0.991. The molecule has 0 unspecified atom stereocenters. The van der Waals surface area contributed by atoms with Crippen molar-refractivity contribution in [3.63, 3.8) is 0 Å². The summed E-state index contributed by atoms with van der Waals surface area (Å²) in [6.07, 6.45) is 3.81. The van der Waals surface area contributed by atoms with Gasteiger partial charge in [-0.25, -0.2) is 0 Å². The van der Waals surface area contributed by atoms with Crippen molar-refractivity contribution < 1.29 is 19.1 Å². The third kappa shape index (κ3) is 3.93. The number of rotatable bonds is 7. The second kappa shape index (κ2) is 8.67. The number of imide groups is 1. The summed E-state index contributed by atoms with van der Waals surface area (Å²) in [5.74, 6) is 1.34. The van der Waals surface area contributed by atoms with Crippen LogP contribution in [0.4, 0.5) is 4.79 Å². The van der Waals surface area contributed by atoms with Crippen LogP contribution in [0.25, 0.3) is 17.0 Å². The standard InChI is InChI=1S/C23H22N2O4S/c1-3-25-22(26)21(30-23(25)27)14-16-15-24(20-7-5-4-6-19(16)20)12-13-29-18-10-8-17(28-2)9-11-18/h4-11,14-15H,3,12-13H2,1-2H3/b21-14-. The summed E-state index contributed by atoms with van der Waals surface area (Å²) in [5, 5.41) is 0.815. The monoisotopic (exact) mass is 422 g/mol. The summed E-state index contributed by atoms with van der Waals surface area (Å²) in [4.78, 5) is 26.2. The normalized spacial score (nSPS) is 15.4. The van der Waals surface area contributed by atoms with Crippen molar-refractivity contribution in [1.29, 1.82) is 0 Å². The lowest BCUT2D eigenvalue weighted by molar-refractivity contribution is -0.122. The first-order chi connectivity index (χ1) is 14.6. The molecule has 0 atom stereocenters. The minimum Gasteiger partial charge on any atom is -0.497 e. The number of amides is 2. The molecule has 0 aliphatic carbocycles. The molecule has 2 amide bonds. The Balaban J connectivity index is 1.54.